The molecular weight excluding hydrogens is 1010 g/mol. The maximum atomic E-state index is 14.9. The van der Waals surface area contributed by atoms with Crippen molar-refractivity contribution in [1.29, 1.82) is 0 Å². The van der Waals surface area contributed by atoms with Crippen molar-refractivity contribution in [3.05, 3.63) is 70.1 Å². The number of hydrazine groups is 1. The van der Waals surface area contributed by atoms with E-state index in [1.807, 2.05) is 31.5 Å². The van der Waals surface area contributed by atoms with Gasteiger partial charge in [0.25, 0.3) is 12.3 Å². The summed E-state index contributed by atoms with van der Waals surface area (Å²) in [6, 6.07) is 8.42. The normalized spacial score (nSPS) is 26.0. The Morgan fingerprint density at radius 2 is 1.83 bits per heavy atom. The van der Waals surface area contributed by atoms with E-state index in [1.165, 1.54) is 24.1 Å². The zero-order chi connectivity index (χ0) is 53.5. The number of rotatable bonds is 15. The summed E-state index contributed by atoms with van der Waals surface area (Å²) in [5.74, 6) is -2.67. The van der Waals surface area contributed by atoms with E-state index in [9.17, 15) is 23.2 Å². The number of piperazine rings is 1. The van der Waals surface area contributed by atoms with Gasteiger partial charge in [-0.3, -0.25) is 29.3 Å². The van der Waals surface area contributed by atoms with Gasteiger partial charge >= 0.3 is 5.97 Å². The first-order valence-electron chi connectivity index (χ1n) is 27.4. The highest BCUT2D eigenvalue weighted by molar-refractivity contribution is 7.10. The van der Waals surface area contributed by atoms with Crippen molar-refractivity contribution >= 4 is 45.7 Å². The summed E-state index contributed by atoms with van der Waals surface area (Å²) < 4.78 is 66.5. The molecule has 3 saturated heterocycles. The molecule has 0 spiro atoms. The molecule has 2 N–H and O–H groups in total. The van der Waals surface area contributed by atoms with Crippen LogP contribution in [0.2, 0.25) is 0 Å². The fraction of sp³-hybridized carbons (Fsp3) is 0.607. The number of esters is 1. The third-order valence-corrected chi connectivity index (χ3v) is 17.4. The van der Waals surface area contributed by atoms with Crippen molar-refractivity contribution in [2.45, 2.75) is 128 Å². The van der Waals surface area contributed by atoms with Crippen LogP contribution in [0.1, 0.15) is 106 Å². The zero-order valence-corrected chi connectivity index (χ0v) is 45.4. The highest BCUT2D eigenvalue weighted by Crippen LogP contribution is 2.53. The van der Waals surface area contributed by atoms with Crippen molar-refractivity contribution in [3.63, 3.8) is 0 Å². The number of anilines is 1. The molecule has 1 unspecified atom stereocenters. The minimum absolute atomic E-state index is 0.0471. The lowest BCUT2D eigenvalue weighted by Crippen LogP contribution is -2.61. The molecule has 1 aromatic carbocycles. The van der Waals surface area contributed by atoms with Crippen LogP contribution in [0.3, 0.4) is 0 Å². The molecule has 21 heteroatoms. The summed E-state index contributed by atoms with van der Waals surface area (Å²) in [7, 11) is 1.70. The number of alkyl halides is 2. The number of benzene rings is 1. The Morgan fingerprint density at radius 1 is 1.03 bits per heavy atom. The van der Waals surface area contributed by atoms with Gasteiger partial charge in [0, 0.05) is 116 Å². The number of carbonyl (C=O) groups is 3. The number of fused-ring (bicyclic) bond motifs is 6. The first kappa shape index (κ1) is 53.6. The van der Waals surface area contributed by atoms with E-state index in [2.05, 4.69) is 62.3 Å². The number of hydrogen-bond donors (Lipinski definition) is 2. The smallest absolute Gasteiger partial charge is 0.324 e. The molecule has 0 radical (unpaired) electrons. The van der Waals surface area contributed by atoms with Gasteiger partial charge in [0.05, 0.1) is 60.1 Å². The largest absolute Gasteiger partial charge is 0.464 e. The summed E-state index contributed by atoms with van der Waals surface area (Å²) in [5, 5.41) is 11.2. The summed E-state index contributed by atoms with van der Waals surface area (Å²) in [4.78, 5) is 58.8. The number of hydrogen-bond acceptors (Lipinski definition) is 16. The molecule has 4 aliphatic heterocycles. The Labute approximate surface area is 451 Å². The van der Waals surface area contributed by atoms with E-state index in [0.717, 1.165) is 95.0 Å². The summed E-state index contributed by atoms with van der Waals surface area (Å²) >= 11 is 1.16. The van der Waals surface area contributed by atoms with Crippen LogP contribution in [0.5, 0.6) is 0 Å². The van der Waals surface area contributed by atoms with Crippen LogP contribution in [0.15, 0.2) is 52.7 Å². The molecule has 5 fully saturated rings. The number of pyridine rings is 1. The van der Waals surface area contributed by atoms with Crippen molar-refractivity contribution in [3.8, 4) is 22.5 Å². The van der Waals surface area contributed by atoms with E-state index in [0.29, 0.717) is 63.1 Å². The predicted octanol–water partition coefficient (Wildman–Crippen LogP) is 7.48. The Balaban J connectivity index is 1.04. The minimum Gasteiger partial charge on any atom is -0.464 e. The summed E-state index contributed by atoms with van der Waals surface area (Å²) in [5.41, 5.74) is 10.0. The van der Waals surface area contributed by atoms with Crippen molar-refractivity contribution in [2.24, 2.45) is 17.3 Å². The Morgan fingerprint density at radius 3 is 2.57 bits per heavy atom. The van der Waals surface area contributed by atoms with Gasteiger partial charge in [-0.2, -0.15) is 0 Å². The first-order valence-corrected chi connectivity index (χ1v) is 28.3. The second-order valence-corrected chi connectivity index (χ2v) is 23.3. The number of amides is 2. The van der Waals surface area contributed by atoms with Gasteiger partial charge in [0.2, 0.25) is 5.91 Å². The standard InChI is InChI=1S/C56H71F2N9O9S/c1-32-46(41-14-23-76-63-41)47(32)52(68)61-49-51(74-29-45(57)58)53-60-43(30-77-53)34-8-11-44-38(25-34)40(27-56(3,4)31-75-55(70)42-7-6-15-67(62-42)54(49)69)50(66(44)20-24-73-37-12-21-72-22-13-37)39-26-36(28-59-48(39)33(2)71-5)65-18-16-64(17-19-65)35-9-10-35/h8,11,14,23,25-26,28,30,32-33,35,37,42,45-47,49,51,62H,6-7,9-10,12-13,15-22,24,27,29,31H2,1-5H3,(H,61,68)/t32-,33+,42+,46-,47?,49+,51+/m1/s1. The van der Waals surface area contributed by atoms with Crippen molar-refractivity contribution in [1.82, 2.24) is 40.3 Å². The van der Waals surface area contributed by atoms with Gasteiger partial charge in [0.15, 0.2) is 0 Å². The van der Waals surface area contributed by atoms with Crippen LogP contribution >= 0.6 is 11.3 Å². The van der Waals surface area contributed by atoms with Crippen LogP contribution in [0.25, 0.3) is 33.4 Å². The molecule has 8 heterocycles. The molecular formula is C56H71F2N9O9S. The number of thiazole rings is 1. The molecule has 2 aliphatic carbocycles. The number of carbonyl (C=O) groups excluding carboxylic acids is 3. The average molecular weight is 1080 g/mol. The van der Waals surface area contributed by atoms with Crippen LogP contribution in [0, 0.1) is 17.3 Å². The maximum Gasteiger partial charge on any atom is 0.324 e. The number of methoxy groups -OCH3 is 1. The lowest BCUT2D eigenvalue weighted by molar-refractivity contribution is -0.157. The Kier molecular flexibility index (Phi) is 15.8. The average Bonchev–Trinajstić information content (AvgIpc) is 4.39. The number of nitrogens with one attached hydrogen (secondary N) is 2. The molecule has 5 aromatic rings. The minimum atomic E-state index is -2.90. The Bertz CT molecular complexity index is 2900. The van der Waals surface area contributed by atoms with E-state index < -0.39 is 60.3 Å². The van der Waals surface area contributed by atoms with Crippen LogP contribution in [0.4, 0.5) is 14.5 Å². The monoisotopic (exact) mass is 1080 g/mol. The number of halogens is 2. The van der Waals surface area contributed by atoms with Crippen LogP contribution < -0.4 is 15.6 Å². The third-order valence-electron chi connectivity index (χ3n) is 16.5. The molecule has 7 atom stereocenters. The van der Waals surface area contributed by atoms with E-state index in [4.69, 9.17) is 38.2 Å². The van der Waals surface area contributed by atoms with E-state index >= 15 is 0 Å². The molecule has 18 nitrogen and oxygen atoms in total. The Hall–Kier alpha value is -5.42. The topological polar surface area (TPSA) is 188 Å². The molecule has 11 rings (SSSR count). The number of ether oxygens (including phenoxy) is 5. The van der Waals surface area contributed by atoms with Crippen LogP contribution in [-0.2, 0) is 51.0 Å². The van der Waals surface area contributed by atoms with Crippen molar-refractivity contribution < 1.29 is 51.4 Å². The highest BCUT2D eigenvalue weighted by atomic mass is 32.1. The van der Waals surface area contributed by atoms with E-state index in [1.54, 1.807) is 13.2 Å². The predicted molar refractivity (Wildman–Crippen MR) is 283 cm³/mol. The number of cyclic esters (lactones) is 1. The molecule has 6 bridgehead atoms. The number of nitrogens with zero attached hydrogens (tertiary/aromatic N) is 7. The van der Waals surface area contributed by atoms with Crippen LogP contribution in [-0.4, -0.2) is 151 Å². The van der Waals surface area contributed by atoms with Gasteiger partial charge < -0.3 is 43.0 Å². The molecule has 6 aliphatic rings. The number of aromatic nitrogens is 4. The van der Waals surface area contributed by atoms with E-state index in [-0.39, 0.29) is 42.2 Å². The lowest BCUT2D eigenvalue weighted by Gasteiger charge is -2.37. The van der Waals surface area contributed by atoms with Gasteiger partial charge in [-0.25, -0.2) is 19.2 Å². The highest BCUT2D eigenvalue weighted by Gasteiger charge is 2.55. The first-order chi connectivity index (χ1) is 37.2. The van der Waals surface area contributed by atoms with Gasteiger partial charge in [-0.15, -0.1) is 11.3 Å². The summed E-state index contributed by atoms with van der Waals surface area (Å²) in [6.45, 7) is 13.3. The molecule has 2 saturated carbocycles. The lowest BCUT2D eigenvalue weighted by atomic mass is 9.84. The van der Waals surface area contributed by atoms with Gasteiger partial charge in [0.1, 0.15) is 36.1 Å². The quantitative estimate of drug-likeness (QED) is 0.0982. The SMILES string of the molecule is CO[C@@H](C)c1ncc(N2CCN(C3CC3)CC2)cc1-c1c2c3cc(ccc3n1CCOC1CCOCC1)-c1csc(n1)[C@@H](OCC(F)F)[C@H](NC(=O)C1[C@@H](c3ccon3)[C@H]1C)C(=O)N1CCC[C@H](N1)C(=O)OCC(C)(C)C2. The third kappa shape index (κ3) is 11.5. The van der Waals surface area contributed by atoms with Gasteiger partial charge in [-0.1, -0.05) is 32.0 Å². The molecule has 4 aromatic heterocycles. The molecule has 77 heavy (non-hydrogen) atoms. The summed E-state index contributed by atoms with van der Waals surface area (Å²) in [6.07, 6.45) is 4.22. The second-order valence-electron chi connectivity index (χ2n) is 22.5. The zero-order valence-electron chi connectivity index (χ0n) is 44.6. The van der Waals surface area contributed by atoms with Gasteiger partial charge in [-0.05, 0) is 81.5 Å². The molecule has 414 valence electrons. The fourth-order valence-corrected chi connectivity index (χ4v) is 12.9. The fourth-order valence-electron chi connectivity index (χ4n) is 11.9. The van der Waals surface area contributed by atoms with Crippen molar-refractivity contribution in [2.75, 3.05) is 77.8 Å². The second kappa shape index (κ2) is 22.7. The molecule has 2 amide bonds. The maximum absolute atomic E-state index is 14.9.